The molecule has 10 nitrogen and oxygen atoms in total. The molecule has 2 amide bonds. The molecule has 4 aliphatic rings. The van der Waals surface area contributed by atoms with Gasteiger partial charge in [-0.05, 0) is 89.3 Å². The number of ether oxygens (including phenoxy) is 2. The minimum absolute atomic E-state index is 0.305. The highest BCUT2D eigenvalue weighted by Crippen LogP contribution is 2.41. The number of carbonyl (C=O) groups is 2. The number of nitrogens with zero attached hydrogens (tertiary/aromatic N) is 4. The molecule has 10 heteroatoms. The van der Waals surface area contributed by atoms with Gasteiger partial charge >= 0.3 is 6.09 Å². The molecule has 2 aliphatic carbocycles. The molecule has 2 N–H and O–H groups in total. The summed E-state index contributed by atoms with van der Waals surface area (Å²) in [5, 5.41) is 14.9. The van der Waals surface area contributed by atoms with Crippen molar-refractivity contribution < 1.29 is 19.1 Å². The molecule has 0 radical (unpaired) electrons. The first kappa shape index (κ1) is 33.1. The van der Waals surface area contributed by atoms with Crippen molar-refractivity contribution in [2.75, 3.05) is 53.0 Å². The Morgan fingerprint density at radius 2 is 1.66 bits per heavy atom. The lowest BCUT2D eigenvalue weighted by Gasteiger charge is -2.37. The van der Waals surface area contributed by atoms with E-state index >= 15 is 0 Å². The molecule has 41 heavy (non-hydrogen) atoms. The fourth-order valence-corrected chi connectivity index (χ4v) is 5.83. The van der Waals surface area contributed by atoms with Crippen molar-refractivity contribution in [2.45, 2.75) is 103 Å². The van der Waals surface area contributed by atoms with Gasteiger partial charge < -0.3 is 24.6 Å². The lowest BCUT2D eigenvalue weighted by atomic mass is 9.69. The first-order chi connectivity index (χ1) is 19.6. The zero-order valence-corrected chi connectivity index (χ0v) is 26.2. The van der Waals surface area contributed by atoms with Gasteiger partial charge in [0.05, 0.1) is 25.9 Å². The molecule has 2 saturated carbocycles. The number of piperidine rings is 1. The summed E-state index contributed by atoms with van der Waals surface area (Å²) in [4.78, 5) is 33.7. The second kappa shape index (κ2) is 15.7. The highest BCUT2D eigenvalue weighted by atomic mass is 16.5. The molecule has 232 valence electrons. The number of nitriles is 1. The number of morpholine rings is 1. The number of hydrogen-bond acceptors (Lipinski definition) is 7. The van der Waals surface area contributed by atoms with Crippen LogP contribution in [0.1, 0.15) is 91.9 Å². The Bertz CT molecular complexity index is 908. The van der Waals surface area contributed by atoms with Crippen LogP contribution in [0.5, 0.6) is 0 Å². The highest BCUT2D eigenvalue weighted by Gasteiger charge is 2.39. The number of alkyl carbamates (subject to hydrolysis) is 1. The predicted molar refractivity (Wildman–Crippen MR) is 160 cm³/mol. The van der Waals surface area contributed by atoms with E-state index in [4.69, 9.17) is 9.47 Å². The van der Waals surface area contributed by atoms with Crippen molar-refractivity contribution >= 4 is 18.0 Å². The van der Waals surface area contributed by atoms with Crippen molar-refractivity contribution in [3.63, 3.8) is 0 Å². The van der Waals surface area contributed by atoms with Crippen LogP contribution in [-0.4, -0.2) is 92.4 Å². The monoisotopic (exact) mass is 574 g/mol. The first-order valence-corrected chi connectivity index (χ1v) is 15.8. The Hall–Kier alpha value is -2.38. The summed E-state index contributed by atoms with van der Waals surface area (Å²) in [6.45, 7) is 13.4. The van der Waals surface area contributed by atoms with Crippen LogP contribution in [0.3, 0.4) is 0 Å². The van der Waals surface area contributed by atoms with E-state index in [1.807, 2.05) is 4.90 Å². The van der Waals surface area contributed by atoms with Crippen LogP contribution < -0.4 is 10.6 Å². The van der Waals surface area contributed by atoms with Crippen LogP contribution in [0.15, 0.2) is 4.99 Å². The lowest BCUT2D eigenvalue weighted by Crippen LogP contribution is -2.55. The summed E-state index contributed by atoms with van der Waals surface area (Å²) in [6.07, 6.45) is 11.0. The predicted octanol–water partition coefficient (Wildman–Crippen LogP) is 4.31. The topological polar surface area (TPSA) is 119 Å². The number of likely N-dealkylation sites (tertiary alicyclic amines) is 1. The average Bonchev–Trinajstić information content (AvgIpc) is 2.95. The third-order valence-electron chi connectivity index (χ3n) is 9.68. The Kier molecular flexibility index (Phi) is 12.7. The maximum atomic E-state index is 12.6. The Morgan fingerprint density at radius 3 is 2.17 bits per heavy atom. The fraction of sp³-hybridized carbons (Fsp3) is 0.871. The molecule has 1 atom stereocenters. The van der Waals surface area contributed by atoms with Crippen LogP contribution in [0.4, 0.5) is 4.79 Å². The van der Waals surface area contributed by atoms with Gasteiger partial charge in [-0.15, -0.1) is 0 Å². The van der Waals surface area contributed by atoms with E-state index in [0.717, 1.165) is 38.3 Å². The molecule has 2 heterocycles. The molecule has 4 fully saturated rings. The van der Waals surface area contributed by atoms with Gasteiger partial charge in [-0.3, -0.25) is 10.1 Å². The molecule has 0 aromatic carbocycles. The largest absolute Gasteiger partial charge is 0.449 e. The molecule has 0 spiro atoms. The average molecular weight is 575 g/mol. The number of amides is 2. The number of carbonyl (C=O) groups excluding carboxylic acids is 2. The molecule has 0 aromatic heterocycles. The van der Waals surface area contributed by atoms with Crippen LogP contribution in [0.25, 0.3) is 0 Å². The molecule has 0 bridgehead atoms. The smallest absolute Gasteiger partial charge is 0.413 e. The molecular weight excluding hydrogens is 520 g/mol. The van der Waals surface area contributed by atoms with Crippen LogP contribution in [-0.2, 0) is 14.3 Å². The minimum atomic E-state index is -0.777. The van der Waals surface area contributed by atoms with Gasteiger partial charge in [-0.25, -0.2) is 9.79 Å². The van der Waals surface area contributed by atoms with E-state index in [1.54, 1.807) is 6.92 Å². The molecule has 2 aliphatic heterocycles. The van der Waals surface area contributed by atoms with Crippen LogP contribution in [0, 0.1) is 28.6 Å². The first-order valence-electron chi connectivity index (χ1n) is 15.8. The fourth-order valence-electron chi connectivity index (χ4n) is 5.83. The maximum Gasteiger partial charge on any atom is 0.413 e. The maximum absolute atomic E-state index is 12.6. The standard InChI is InChI=1S/C21H34N6O4.C10H20/c1-16(18(28)25-21(15-22)6-3-7-21)23-19(27-10-12-30-13-11-27)24-20(29)31-14-17-4-8-26(2)9-5-17;1-9(2)10(3)7-5-4-6-8-10/h16-17H,3-14H2,1-2H3,(H,25,28)(H,23,24,29);9H,4-8H2,1-3H3/t16-;/m0./s1. The summed E-state index contributed by atoms with van der Waals surface area (Å²) >= 11 is 0. The number of aliphatic imine (C=N–C) groups is 1. The lowest BCUT2D eigenvalue weighted by molar-refractivity contribution is -0.124. The number of hydrogen-bond donors (Lipinski definition) is 2. The molecule has 0 aromatic rings. The number of rotatable bonds is 6. The highest BCUT2D eigenvalue weighted by molar-refractivity contribution is 5.95. The van der Waals surface area contributed by atoms with Gasteiger partial charge in [0.15, 0.2) is 0 Å². The molecular formula is C31H54N6O4. The van der Waals surface area contributed by atoms with Crippen molar-refractivity contribution in [1.82, 2.24) is 20.4 Å². The van der Waals surface area contributed by atoms with Crippen molar-refractivity contribution in [2.24, 2.45) is 22.2 Å². The van der Waals surface area contributed by atoms with E-state index in [2.05, 4.69) is 54.4 Å². The molecule has 4 rings (SSSR count). The number of guanidine groups is 1. The Labute approximate surface area is 247 Å². The van der Waals surface area contributed by atoms with Gasteiger partial charge in [0.1, 0.15) is 11.6 Å². The second-order valence-corrected chi connectivity index (χ2v) is 13.1. The van der Waals surface area contributed by atoms with E-state index in [0.29, 0.717) is 63.0 Å². The van der Waals surface area contributed by atoms with Crippen molar-refractivity contribution in [1.29, 1.82) is 5.26 Å². The Balaban J connectivity index is 0.000000389. The number of nitrogens with one attached hydrogen (secondary N) is 2. The SMILES string of the molecule is CC(C)C1(C)CCCCC1.C[C@H](N=C(NC(=O)OCC1CCN(C)CC1)N1CCOCC1)C(=O)NC1(C#N)CCC1. The molecule has 2 saturated heterocycles. The van der Waals surface area contributed by atoms with E-state index in [9.17, 15) is 14.9 Å². The van der Waals surface area contributed by atoms with Crippen molar-refractivity contribution in [3.8, 4) is 6.07 Å². The van der Waals surface area contributed by atoms with Gasteiger partial charge in [-0.1, -0.05) is 40.0 Å². The summed E-state index contributed by atoms with van der Waals surface area (Å²) < 4.78 is 10.8. The summed E-state index contributed by atoms with van der Waals surface area (Å²) in [6, 6.07) is 1.45. The summed E-state index contributed by atoms with van der Waals surface area (Å²) in [7, 11) is 2.09. The van der Waals surface area contributed by atoms with Gasteiger partial charge in [-0.2, -0.15) is 5.26 Å². The minimum Gasteiger partial charge on any atom is -0.449 e. The van der Waals surface area contributed by atoms with Gasteiger partial charge in [0.2, 0.25) is 11.9 Å². The van der Waals surface area contributed by atoms with Crippen LogP contribution >= 0.6 is 0 Å². The summed E-state index contributed by atoms with van der Waals surface area (Å²) in [5.41, 5.74) is -0.0985. The van der Waals surface area contributed by atoms with E-state index in [1.165, 1.54) is 32.1 Å². The summed E-state index contributed by atoms with van der Waals surface area (Å²) in [5.74, 6) is 1.22. The third-order valence-corrected chi connectivity index (χ3v) is 9.68. The van der Waals surface area contributed by atoms with Crippen LogP contribution in [0.2, 0.25) is 0 Å². The van der Waals surface area contributed by atoms with Crippen molar-refractivity contribution in [3.05, 3.63) is 0 Å². The quantitative estimate of drug-likeness (QED) is 0.358. The van der Waals surface area contributed by atoms with E-state index in [-0.39, 0.29) is 5.91 Å². The zero-order chi connectivity index (χ0) is 29.9. The normalized spacial score (nSPS) is 23.7. The van der Waals surface area contributed by atoms with Gasteiger partial charge in [0, 0.05) is 13.1 Å². The van der Waals surface area contributed by atoms with E-state index < -0.39 is 17.7 Å². The molecule has 0 unspecified atom stereocenters. The zero-order valence-electron chi connectivity index (χ0n) is 26.2. The Morgan fingerprint density at radius 1 is 1.02 bits per heavy atom. The second-order valence-electron chi connectivity index (χ2n) is 13.1. The van der Waals surface area contributed by atoms with Gasteiger partial charge in [0.25, 0.3) is 0 Å². The third kappa shape index (κ3) is 10.1.